The molecular weight excluding hydrogens is 426 g/mol. The fourth-order valence-corrected chi connectivity index (χ4v) is 4.47. The number of aromatic nitrogens is 1. The lowest BCUT2D eigenvalue weighted by Gasteiger charge is -2.27. The van der Waals surface area contributed by atoms with Gasteiger partial charge in [-0.3, -0.25) is 14.7 Å². The molecule has 1 aliphatic rings. The van der Waals surface area contributed by atoms with Crippen LogP contribution in [0.5, 0.6) is 0 Å². The minimum absolute atomic E-state index is 0.139. The van der Waals surface area contributed by atoms with Crippen LogP contribution in [0.25, 0.3) is 0 Å². The van der Waals surface area contributed by atoms with Crippen LogP contribution in [0.2, 0.25) is 0 Å². The van der Waals surface area contributed by atoms with Crippen molar-refractivity contribution in [3.63, 3.8) is 0 Å². The zero-order valence-corrected chi connectivity index (χ0v) is 19.5. The molecule has 6 heteroatoms. The van der Waals surface area contributed by atoms with Crippen LogP contribution < -0.4 is 0 Å². The van der Waals surface area contributed by atoms with Gasteiger partial charge in [0, 0.05) is 38.6 Å². The fourth-order valence-electron chi connectivity index (χ4n) is 4.47. The van der Waals surface area contributed by atoms with Crippen molar-refractivity contribution in [1.29, 1.82) is 0 Å². The molecule has 178 valence electrons. The van der Waals surface area contributed by atoms with Crippen molar-refractivity contribution in [2.75, 3.05) is 39.3 Å². The zero-order chi connectivity index (χ0) is 23.6. The highest BCUT2D eigenvalue weighted by Crippen LogP contribution is 2.27. The van der Waals surface area contributed by atoms with Gasteiger partial charge in [0.05, 0.1) is 25.2 Å². The topological polar surface area (TPSA) is 65.9 Å². The lowest BCUT2D eigenvalue weighted by molar-refractivity contribution is -0.131. The van der Waals surface area contributed by atoms with Crippen LogP contribution in [0, 0.1) is 0 Å². The first-order valence-corrected chi connectivity index (χ1v) is 12.0. The Morgan fingerprint density at radius 1 is 0.882 bits per heavy atom. The van der Waals surface area contributed by atoms with Gasteiger partial charge in [-0.2, -0.15) is 0 Å². The Bertz CT molecular complexity index is 962. The van der Waals surface area contributed by atoms with Crippen molar-refractivity contribution in [3.8, 4) is 0 Å². The van der Waals surface area contributed by atoms with Gasteiger partial charge < -0.3 is 14.7 Å². The number of rotatable bonds is 9. The molecular formula is C28H33N3O3. The van der Waals surface area contributed by atoms with E-state index in [0.717, 1.165) is 42.7 Å². The Hall–Kier alpha value is -3.06. The average molecular weight is 460 g/mol. The Morgan fingerprint density at radius 3 is 2.18 bits per heavy atom. The molecule has 6 nitrogen and oxygen atoms in total. The van der Waals surface area contributed by atoms with Crippen LogP contribution in [0.3, 0.4) is 0 Å². The first-order valence-electron chi connectivity index (χ1n) is 12.0. The van der Waals surface area contributed by atoms with Gasteiger partial charge in [-0.05, 0) is 41.8 Å². The first kappa shape index (κ1) is 24.1. The number of hydrogen-bond donors (Lipinski definition) is 1. The number of hydrogen-bond acceptors (Lipinski definition) is 5. The van der Waals surface area contributed by atoms with E-state index in [1.165, 1.54) is 0 Å². The van der Waals surface area contributed by atoms with E-state index < -0.39 is 6.10 Å². The van der Waals surface area contributed by atoms with Crippen molar-refractivity contribution in [2.45, 2.75) is 25.0 Å². The van der Waals surface area contributed by atoms with E-state index in [9.17, 15) is 9.90 Å². The number of carbonyl (C=O) groups excluding carboxylic acids is 1. The van der Waals surface area contributed by atoms with E-state index in [0.29, 0.717) is 19.7 Å². The van der Waals surface area contributed by atoms with Crippen LogP contribution in [0.1, 0.15) is 29.0 Å². The molecule has 0 saturated carbocycles. The predicted octanol–water partition coefficient (Wildman–Crippen LogP) is 3.33. The Balaban J connectivity index is 1.32. The highest BCUT2D eigenvalue weighted by atomic mass is 16.5. The summed E-state index contributed by atoms with van der Waals surface area (Å²) in [6.45, 7) is 4.25. The fraction of sp³-hybridized carbons (Fsp3) is 0.357. The second-order valence-electron chi connectivity index (χ2n) is 8.76. The SMILES string of the molecule is O=C(C(c1ccccc1)c1ccccc1)N1CCCN(CC(O)COCc2ccncc2)CC1. The molecule has 1 amide bonds. The summed E-state index contributed by atoms with van der Waals surface area (Å²) in [5, 5.41) is 10.5. The van der Waals surface area contributed by atoms with Crippen molar-refractivity contribution in [1.82, 2.24) is 14.8 Å². The standard InChI is InChI=1S/C28H33N3O3/c32-26(22-34-21-23-12-14-29-15-13-23)20-30-16-7-17-31(19-18-30)28(33)27(24-8-3-1-4-9-24)25-10-5-2-6-11-25/h1-6,8-15,26-27,32H,7,16-22H2. The quantitative estimate of drug-likeness (QED) is 0.532. The zero-order valence-electron chi connectivity index (χ0n) is 19.5. The molecule has 2 aromatic carbocycles. The number of amides is 1. The first-order chi connectivity index (χ1) is 16.7. The number of aliphatic hydroxyl groups is 1. The summed E-state index contributed by atoms with van der Waals surface area (Å²) in [6.07, 6.45) is 3.79. The van der Waals surface area contributed by atoms with Crippen molar-refractivity contribution in [3.05, 3.63) is 102 Å². The van der Waals surface area contributed by atoms with E-state index in [4.69, 9.17) is 4.74 Å². The minimum Gasteiger partial charge on any atom is -0.389 e. The van der Waals surface area contributed by atoms with E-state index in [2.05, 4.69) is 9.88 Å². The Labute approximate surface area is 201 Å². The van der Waals surface area contributed by atoms with E-state index in [1.54, 1.807) is 12.4 Å². The molecule has 0 bridgehead atoms. The second-order valence-corrected chi connectivity index (χ2v) is 8.76. The third-order valence-electron chi connectivity index (χ3n) is 6.21. The van der Waals surface area contributed by atoms with Gasteiger partial charge in [0.1, 0.15) is 0 Å². The molecule has 2 heterocycles. The third kappa shape index (κ3) is 6.73. The second kappa shape index (κ2) is 12.4. The molecule has 0 spiro atoms. The van der Waals surface area contributed by atoms with Crippen LogP contribution in [0.15, 0.2) is 85.2 Å². The number of aliphatic hydroxyl groups excluding tert-OH is 1. The van der Waals surface area contributed by atoms with Crippen LogP contribution >= 0.6 is 0 Å². The summed E-state index contributed by atoms with van der Waals surface area (Å²) in [4.78, 5) is 21.9. The van der Waals surface area contributed by atoms with Gasteiger partial charge in [0.25, 0.3) is 0 Å². The number of β-amino-alcohol motifs (C(OH)–C–C–N with tert-alkyl or cyclic N) is 1. The maximum absolute atomic E-state index is 13.7. The molecule has 1 atom stereocenters. The molecule has 1 saturated heterocycles. The predicted molar refractivity (Wildman–Crippen MR) is 132 cm³/mol. The highest BCUT2D eigenvalue weighted by Gasteiger charge is 2.29. The maximum Gasteiger partial charge on any atom is 0.234 e. The van der Waals surface area contributed by atoms with Crippen LogP contribution in [-0.4, -0.2) is 71.2 Å². The lowest BCUT2D eigenvalue weighted by Crippen LogP contribution is -2.40. The van der Waals surface area contributed by atoms with E-state index in [1.807, 2.05) is 77.7 Å². The Kier molecular flexibility index (Phi) is 8.79. The largest absolute Gasteiger partial charge is 0.389 e. The number of carbonyl (C=O) groups is 1. The molecule has 34 heavy (non-hydrogen) atoms. The summed E-state index contributed by atoms with van der Waals surface area (Å²) in [6, 6.07) is 23.8. The number of pyridine rings is 1. The minimum atomic E-state index is -0.564. The molecule has 4 rings (SSSR count). The molecule has 1 N–H and O–H groups in total. The summed E-state index contributed by atoms with van der Waals surface area (Å²) < 4.78 is 5.67. The summed E-state index contributed by atoms with van der Waals surface area (Å²) in [5.41, 5.74) is 3.07. The van der Waals surface area contributed by atoms with Gasteiger partial charge in [0.15, 0.2) is 0 Å². The van der Waals surface area contributed by atoms with Crippen LogP contribution in [-0.2, 0) is 16.1 Å². The number of benzene rings is 2. The van der Waals surface area contributed by atoms with Gasteiger partial charge in [-0.15, -0.1) is 0 Å². The van der Waals surface area contributed by atoms with Gasteiger partial charge in [-0.25, -0.2) is 0 Å². The van der Waals surface area contributed by atoms with Crippen molar-refractivity contribution in [2.24, 2.45) is 0 Å². The van der Waals surface area contributed by atoms with E-state index in [-0.39, 0.29) is 18.4 Å². The molecule has 1 aromatic heterocycles. The molecule has 1 unspecified atom stereocenters. The lowest BCUT2D eigenvalue weighted by atomic mass is 9.90. The van der Waals surface area contributed by atoms with Crippen LogP contribution in [0.4, 0.5) is 0 Å². The van der Waals surface area contributed by atoms with Gasteiger partial charge >= 0.3 is 0 Å². The average Bonchev–Trinajstić information content (AvgIpc) is 3.12. The number of ether oxygens (including phenoxy) is 1. The normalized spacial score (nSPS) is 15.8. The monoisotopic (exact) mass is 459 g/mol. The Morgan fingerprint density at radius 2 is 1.53 bits per heavy atom. The van der Waals surface area contributed by atoms with Crippen molar-refractivity contribution < 1.29 is 14.6 Å². The number of nitrogens with zero attached hydrogens (tertiary/aromatic N) is 3. The smallest absolute Gasteiger partial charge is 0.234 e. The van der Waals surface area contributed by atoms with Crippen molar-refractivity contribution >= 4 is 5.91 Å². The van der Waals surface area contributed by atoms with Gasteiger partial charge in [-0.1, -0.05) is 60.7 Å². The molecule has 3 aromatic rings. The highest BCUT2D eigenvalue weighted by molar-refractivity contribution is 5.87. The molecule has 1 aliphatic heterocycles. The third-order valence-corrected chi connectivity index (χ3v) is 6.21. The maximum atomic E-state index is 13.7. The van der Waals surface area contributed by atoms with E-state index >= 15 is 0 Å². The molecule has 1 fully saturated rings. The summed E-state index contributed by atoms with van der Waals surface area (Å²) >= 11 is 0. The summed E-state index contributed by atoms with van der Waals surface area (Å²) in [5.74, 6) is -0.165. The van der Waals surface area contributed by atoms with Gasteiger partial charge in [0.2, 0.25) is 5.91 Å². The molecule has 0 radical (unpaired) electrons. The summed E-state index contributed by atoms with van der Waals surface area (Å²) in [7, 11) is 0. The molecule has 0 aliphatic carbocycles.